The fourth-order valence-corrected chi connectivity index (χ4v) is 8.06. The standard InChI is InChI=1S/C37H32N2O8/c1-18(40)20-4-9-23(10-5-20)38-34(43)26-14-13-25-27(32(26)36(38)45)17-28-33(31(25)22-8-15-30(47-3)29(42)16-22)37(46)39(35(28)44)24-11-6-21(7-12-24)19(2)41/h4-13,15-16,26-28,31-33,42H,14,17H2,1-3H3/t26-,27+,28+,31-,32-,33+/m0/s1. The molecule has 0 radical (unpaired) electrons. The number of methoxy groups -OCH3 is 1. The molecule has 1 saturated carbocycles. The van der Waals surface area contributed by atoms with Crippen molar-refractivity contribution in [1.82, 2.24) is 0 Å². The largest absolute Gasteiger partial charge is 0.504 e. The van der Waals surface area contributed by atoms with Crippen LogP contribution in [0.5, 0.6) is 11.5 Å². The number of fused-ring (bicyclic) bond motifs is 4. The molecule has 0 bridgehead atoms. The van der Waals surface area contributed by atoms with Crippen molar-refractivity contribution < 1.29 is 38.6 Å². The number of benzene rings is 3. The summed E-state index contributed by atoms with van der Waals surface area (Å²) in [4.78, 5) is 82.4. The number of hydrogen-bond acceptors (Lipinski definition) is 8. The summed E-state index contributed by atoms with van der Waals surface area (Å²) in [5.74, 6) is -5.86. The monoisotopic (exact) mass is 632 g/mol. The number of ketones is 2. The number of nitrogens with zero attached hydrogens (tertiary/aromatic N) is 2. The predicted octanol–water partition coefficient (Wildman–Crippen LogP) is 4.85. The Morgan fingerprint density at radius 2 is 1.23 bits per heavy atom. The first-order chi connectivity index (χ1) is 22.5. The lowest BCUT2D eigenvalue weighted by atomic mass is 9.57. The molecule has 3 aromatic rings. The van der Waals surface area contributed by atoms with Gasteiger partial charge in [-0.2, -0.15) is 0 Å². The highest BCUT2D eigenvalue weighted by Crippen LogP contribution is 2.58. The Hall–Kier alpha value is -5.38. The number of Topliss-reactive ketones (excluding diaryl/α,β-unsaturated/α-hetero) is 2. The minimum Gasteiger partial charge on any atom is -0.504 e. The quantitative estimate of drug-likeness (QED) is 0.231. The summed E-state index contributed by atoms with van der Waals surface area (Å²) in [5, 5.41) is 10.8. The zero-order valence-electron chi connectivity index (χ0n) is 26.0. The molecule has 2 saturated heterocycles. The third-order valence-corrected chi connectivity index (χ3v) is 10.3. The molecule has 0 unspecified atom stereocenters. The Kier molecular flexibility index (Phi) is 7.18. The molecule has 0 aromatic heterocycles. The molecule has 47 heavy (non-hydrogen) atoms. The van der Waals surface area contributed by atoms with Crippen molar-refractivity contribution in [3.8, 4) is 11.5 Å². The average Bonchev–Trinajstić information content (AvgIpc) is 3.47. The molecule has 10 nitrogen and oxygen atoms in total. The number of carbonyl (C=O) groups excluding carboxylic acids is 6. The van der Waals surface area contributed by atoms with Crippen LogP contribution in [0.15, 0.2) is 78.4 Å². The number of imide groups is 2. The average molecular weight is 633 g/mol. The summed E-state index contributed by atoms with van der Waals surface area (Å²) in [6.07, 6.45) is 2.40. The number of carbonyl (C=O) groups is 6. The summed E-state index contributed by atoms with van der Waals surface area (Å²) >= 11 is 0. The Bertz CT molecular complexity index is 1910. The lowest BCUT2D eigenvalue weighted by molar-refractivity contribution is -0.126. The van der Waals surface area contributed by atoms with Gasteiger partial charge in [0.15, 0.2) is 23.1 Å². The van der Waals surface area contributed by atoms with Crippen LogP contribution >= 0.6 is 0 Å². The van der Waals surface area contributed by atoms with Crippen molar-refractivity contribution in [2.45, 2.75) is 32.6 Å². The van der Waals surface area contributed by atoms with Crippen molar-refractivity contribution in [2.24, 2.45) is 29.6 Å². The Morgan fingerprint density at radius 3 is 1.74 bits per heavy atom. The van der Waals surface area contributed by atoms with Crippen LogP contribution in [0.3, 0.4) is 0 Å². The van der Waals surface area contributed by atoms with E-state index in [1.54, 1.807) is 60.7 Å². The Morgan fingerprint density at radius 1 is 0.702 bits per heavy atom. The van der Waals surface area contributed by atoms with E-state index in [1.807, 2.05) is 6.08 Å². The molecule has 4 aliphatic rings. The second-order valence-electron chi connectivity index (χ2n) is 12.7. The van der Waals surface area contributed by atoms with Crippen LogP contribution < -0.4 is 14.5 Å². The van der Waals surface area contributed by atoms with Crippen molar-refractivity contribution in [3.63, 3.8) is 0 Å². The van der Waals surface area contributed by atoms with Gasteiger partial charge in [-0.1, -0.05) is 17.7 Å². The maximum atomic E-state index is 14.3. The number of rotatable bonds is 6. The van der Waals surface area contributed by atoms with Gasteiger partial charge in [-0.15, -0.1) is 0 Å². The van der Waals surface area contributed by atoms with Crippen LogP contribution in [0.1, 0.15) is 58.9 Å². The van der Waals surface area contributed by atoms with Crippen LogP contribution in [0.2, 0.25) is 0 Å². The predicted molar refractivity (Wildman–Crippen MR) is 170 cm³/mol. The maximum Gasteiger partial charge on any atom is 0.238 e. The molecule has 10 heteroatoms. The van der Waals surface area contributed by atoms with Crippen LogP contribution in [0.25, 0.3) is 0 Å². The molecular formula is C37H32N2O8. The number of anilines is 2. The van der Waals surface area contributed by atoms with Crippen LogP contribution in [-0.2, 0) is 19.2 Å². The van der Waals surface area contributed by atoms with Crippen LogP contribution in [-0.4, -0.2) is 47.4 Å². The van der Waals surface area contributed by atoms with E-state index >= 15 is 0 Å². The lowest BCUT2D eigenvalue weighted by Gasteiger charge is -2.44. The van der Waals surface area contributed by atoms with Gasteiger partial charge < -0.3 is 9.84 Å². The molecule has 2 aliphatic carbocycles. The number of aromatic hydroxyl groups is 1. The van der Waals surface area contributed by atoms with E-state index in [2.05, 4.69) is 0 Å². The lowest BCUT2D eigenvalue weighted by Crippen LogP contribution is -2.43. The first kappa shape index (κ1) is 30.3. The topological polar surface area (TPSA) is 138 Å². The minimum absolute atomic E-state index is 0.126. The van der Waals surface area contributed by atoms with Gasteiger partial charge in [-0.05, 0) is 98.8 Å². The number of hydrogen-bond donors (Lipinski definition) is 1. The normalized spacial score (nSPS) is 26.5. The zero-order chi connectivity index (χ0) is 33.3. The summed E-state index contributed by atoms with van der Waals surface area (Å²) in [5.41, 5.74) is 3.02. The number of allylic oxidation sites excluding steroid dienone is 2. The first-order valence-electron chi connectivity index (χ1n) is 15.6. The number of phenolic OH excluding ortho intramolecular Hbond substituents is 1. The smallest absolute Gasteiger partial charge is 0.238 e. The molecule has 3 fully saturated rings. The van der Waals surface area contributed by atoms with E-state index in [0.29, 0.717) is 28.1 Å². The zero-order valence-corrected chi connectivity index (χ0v) is 26.0. The van der Waals surface area contributed by atoms with Crippen LogP contribution in [0, 0.1) is 29.6 Å². The van der Waals surface area contributed by atoms with E-state index in [1.165, 1.54) is 31.9 Å². The fourth-order valence-electron chi connectivity index (χ4n) is 8.06. The summed E-state index contributed by atoms with van der Waals surface area (Å²) in [6, 6.07) is 17.5. The van der Waals surface area contributed by atoms with E-state index < -0.39 is 47.3 Å². The van der Waals surface area contributed by atoms with Gasteiger partial charge in [-0.25, -0.2) is 0 Å². The molecule has 6 atom stereocenters. The number of ether oxygens (including phenoxy) is 1. The third-order valence-electron chi connectivity index (χ3n) is 10.3. The van der Waals surface area contributed by atoms with E-state index in [9.17, 15) is 33.9 Å². The molecule has 7 rings (SSSR count). The minimum atomic E-state index is -0.815. The molecule has 238 valence electrons. The van der Waals surface area contributed by atoms with Gasteiger partial charge in [0, 0.05) is 17.0 Å². The van der Waals surface area contributed by atoms with E-state index in [4.69, 9.17) is 4.74 Å². The molecule has 1 N–H and O–H groups in total. The van der Waals surface area contributed by atoms with Crippen molar-refractivity contribution in [3.05, 3.63) is 95.1 Å². The molecular weight excluding hydrogens is 600 g/mol. The number of phenols is 1. The summed E-state index contributed by atoms with van der Waals surface area (Å²) < 4.78 is 5.25. The SMILES string of the molecule is COc1ccc([C@H]2C3=CC[C@@H]4C(=O)N(c5ccc(C(C)=O)cc5)C(=O)[C@@H]4[C@@H]3C[C@H]3C(=O)N(c4ccc(C(C)=O)cc4)C(=O)[C@@H]23)cc1O. The molecule has 3 aromatic carbocycles. The van der Waals surface area contributed by atoms with Crippen molar-refractivity contribution in [2.75, 3.05) is 16.9 Å². The third kappa shape index (κ3) is 4.61. The molecule has 0 spiro atoms. The van der Waals surface area contributed by atoms with Crippen molar-refractivity contribution >= 4 is 46.6 Å². The Labute approximate surface area is 270 Å². The van der Waals surface area contributed by atoms with Gasteiger partial charge >= 0.3 is 0 Å². The first-order valence-corrected chi connectivity index (χ1v) is 15.6. The fraction of sp³-hybridized carbons (Fsp3) is 0.297. The van der Waals surface area contributed by atoms with Gasteiger partial charge in [-0.3, -0.25) is 38.6 Å². The highest BCUT2D eigenvalue weighted by molar-refractivity contribution is 6.24. The van der Waals surface area contributed by atoms with E-state index in [0.717, 1.165) is 10.5 Å². The van der Waals surface area contributed by atoms with Crippen molar-refractivity contribution in [1.29, 1.82) is 0 Å². The van der Waals surface area contributed by atoms with Gasteiger partial charge in [0.05, 0.1) is 42.2 Å². The van der Waals surface area contributed by atoms with Gasteiger partial charge in [0.1, 0.15) is 0 Å². The summed E-state index contributed by atoms with van der Waals surface area (Å²) in [7, 11) is 1.43. The molecule has 2 aliphatic heterocycles. The molecule has 2 heterocycles. The number of amides is 4. The van der Waals surface area contributed by atoms with Gasteiger partial charge in [0.2, 0.25) is 23.6 Å². The highest BCUT2D eigenvalue weighted by Gasteiger charge is 2.62. The summed E-state index contributed by atoms with van der Waals surface area (Å²) in [6.45, 7) is 2.88. The second-order valence-corrected chi connectivity index (χ2v) is 12.7. The van der Waals surface area contributed by atoms with Crippen LogP contribution in [0.4, 0.5) is 11.4 Å². The van der Waals surface area contributed by atoms with E-state index in [-0.39, 0.29) is 47.7 Å². The Balaban J connectivity index is 1.31. The maximum absolute atomic E-state index is 14.3. The molecule has 4 amide bonds. The highest BCUT2D eigenvalue weighted by atomic mass is 16.5. The van der Waals surface area contributed by atoms with Gasteiger partial charge in [0.25, 0.3) is 0 Å². The second kappa shape index (κ2) is 11.2.